The maximum atomic E-state index is 10.3. The van der Waals surface area contributed by atoms with E-state index in [-0.39, 0.29) is 6.10 Å². The van der Waals surface area contributed by atoms with Gasteiger partial charge in [0.25, 0.3) is 0 Å². The number of aromatic nitrogens is 1. The van der Waals surface area contributed by atoms with Crippen LogP contribution in [0.25, 0.3) is 10.8 Å². The molecule has 0 saturated heterocycles. The highest BCUT2D eigenvalue weighted by molar-refractivity contribution is 7.09. The number of hydrogen-bond acceptors (Lipinski definition) is 3. The number of nitrogens with zero attached hydrogens (tertiary/aromatic N) is 1. The van der Waals surface area contributed by atoms with Crippen molar-refractivity contribution in [3.05, 3.63) is 64.1 Å². The van der Waals surface area contributed by atoms with E-state index in [1.165, 1.54) is 16.3 Å². The summed E-state index contributed by atoms with van der Waals surface area (Å²) in [6, 6.07) is 14.6. The molecule has 2 aromatic carbocycles. The topological polar surface area (TPSA) is 33.1 Å². The minimum absolute atomic E-state index is 0.383. The van der Waals surface area contributed by atoms with Crippen molar-refractivity contribution in [3.63, 3.8) is 0 Å². The van der Waals surface area contributed by atoms with Crippen LogP contribution in [0.3, 0.4) is 0 Å². The van der Waals surface area contributed by atoms with Crippen molar-refractivity contribution in [2.75, 3.05) is 0 Å². The van der Waals surface area contributed by atoms with Gasteiger partial charge in [-0.15, -0.1) is 11.3 Å². The molecule has 102 valence electrons. The molecule has 20 heavy (non-hydrogen) atoms. The molecule has 0 amide bonds. The average Bonchev–Trinajstić information content (AvgIpc) is 2.84. The second-order valence-electron chi connectivity index (χ2n) is 5.08. The molecule has 1 N–H and O–H groups in total. The standard InChI is InChI=1S/C17H17NOS/c1-12-11-20-17(18-12)10-15(19)9-14-7-4-6-13-5-2-3-8-16(13)14/h2-8,11,15,19H,9-10H2,1H3. The van der Waals surface area contributed by atoms with E-state index >= 15 is 0 Å². The van der Waals surface area contributed by atoms with Gasteiger partial charge < -0.3 is 5.11 Å². The maximum Gasteiger partial charge on any atom is 0.0954 e. The molecule has 1 heterocycles. The first kappa shape index (κ1) is 13.3. The normalized spacial score (nSPS) is 12.7. The van der Waals surface area contributed by atoms with Crippen molar-refractivity contribution in [2.24, 2.45) is 0 Å². The van der Waals surface area contributed by atoms with Gasteiger partial charge in [0, 0.05) is 17.5 Å². The Labute approximate surface area is 122 Å². The van der Waals surface area contributed by atoms with Crippen molar-refractivity contribution in [3.8, 4) is 0 Å². The minimum atomic E-state index is -0.383. The number of fused-ring (bicyclic) bond motifs is 1. The van der Waals surface area contributed by atoms with Crippen molar-refractivity contribution >= 4 is 22.1 Å². The Bertz CT molecular complexity index is 714. The molecule has 3 aromatic rings. The first-order chi connectivity index (χ1) is 9.72. The van der Waals surface area contributed by atoms with E-state index in [9.17, 15) is 5.11 Å². The molecule has 0 aliphatic carbocycles. The van der Waals surface area contributed by atoms with Crippen LogP contribution in [0.5, 0.6) is 0 Å². The summed E-state index contributed by atoms with van der Waals surface area (Å²) in [4.78, 5) is 4.41. The lowest BCUT2D eigenvalue weighted by Crippen LogP contribution is -2.14. The second kappa shape index (κ2) is 5.73. The molecule has 3 rings (SSSR count). The number of hydrogen-bond donors (Lipinski definition) is 1. The van der Waals surface area contributed by atoms with Crippen LogP contribution in [0.2, 0.25) is 0 Å². The van der Waals surface area contributed by atoms with Gasteiger partial charge in [-0.25, -0.2) is 4.98 Å². The number of aliphatic hydroxyl groups is 1. The Balaban J connectivity index is 1.79. The minimum Gasteiger partial charge on any atom is -0.392 e. The lowest BCUT2D eigenvalue weighted by Gasteiger charge is -2.11. The van der Waals surface area contributed by atoms with Gasteiger partial charge in [0.05, 0.1) is 11.1 Å². The van der Waals surface area contributed by atoms with Gasteiger partial charge in [-0.3, -0.25) is 0 Å². The fraction of sp³-hybridized carbons (Fsp3) is 0.235. The third-order valence-corrected chi connectivity index (χ3v) is 4.40. The van der Waals surface area contributed by atoms with Crippen molar-refractivity contribution in [2.45, 2.75) is 25.9 Å². The average molecular weight is 283 g/mol. The number of benzene rings is 2. The summed E-state index contributed by atoms with van der Waals surface area (Å²) in [5.74, 6) is 0. The van der Waals surface area contributed by atoms with E-state index in [1.807, 2.05) is 24.4 Å². The number of rotatable bonds is 4. The van der Waals surface area contributed by atoms with Crippen LogP contribution < -0.4 is 0 Å². The van der Waals surface area contributed by atoms with Gasteiger partial charge in [0.1, 0.15) is 0 Å². The quantitative estimate of drug-likeness (QED) is 0.791. The van der Waals surface area contributed by atoms with Gasteiger partial charge in [0.2, 0.25) is 0 Å². The number of aryl methyl sites for hydroxylation is 1. The Morgan fingerprint density at radius 3 is 2.70 bits per heavy atom. The largest absolute Gasteiger partial charge is 0.392 e. The Kier molecular flexibility index (Phi) is 3.81. The molecular weight excluding hydrogens is 266 g/mol. The predicted octanol–water partition coefficient (Wildman–Crippen LogP) is 3.75. The van der Waals surface area contributed by atoms with Gasteiger partial charge in [-0.2, -0.15) is 0 Å². The SMILES string of the molecule is Cc1csc(CC(O)Cc2cccc3ccccc23)n1. The highest BCUT2D eigenvalue weighted by atomic mass is 32.1. The van der Waals surface area contributed by atoms with Gasteiger partial charge in [0.15, 0.2) is 0 Å². The molecule has 0 saturated carbocycles. The summed E-state index contributed by atoms with van der Waals surface area (Å²) < 4.78 is 0. The smallest absolute Gasteiger partial charge is 0.0954 e. The fourth-order valence-corrected chi connectivity index (χ4v) is 3.34. The first-order valence-corrected chi connectivity index (χ1v) is 7.66. The summed E-state index contributed by atoms with van der Waals surface area (Å²) in [5.41, 5.74) is 2.23. The first-order valence-electron chi connectivity index (χ1n) is 6.78. The summed E-state index contributed by atoms with van der Waals surface area (Å²) >= 11 is 1.62. The Hall–Kier alpha value is -1.71. The molecule has 0 radical (unpaired) electrons. The highest BCUT2D eigenvalue weighted by Gasteiger charge is 2.11. The molecule has 0 aliphatic rings. The maximum absolute atomic E-state index is 10.3. The van der Waals surface area contributed by atoms with Crippen LogP contribution in [0, 0.1) is 6.92 Å². The van der Waals surface area contributed by atoms with E-state index < -0.39 is 0 Å². The summed E-state index contributed by atoms with van der Waals surface area (Å²) in [6.45, 7) is 1.98. The van der Waals surface area contributed by atoms with Crippen LogP contribution in [0.1, 0.15) is 16.3 Å². The number of aliphatic hydroxyl groups excluding tert-OH is 1. The fourth-order valence-electron chi connectivity index (χ4n) is 2.49. The lowest BCUT2D eigenvalue weighted by molar-refractivity contribution is 0.175. The molecule has 0 spiro atoms. The van der Waals surface area contributed by atoms with Crippen molar-refractivity contribution in [1.29, 1.82) is 0 Å². The number of thiazole rings is 1. The van der Waals surface area contributed by atoms with Crippen LogP contribution in [-0.2, 0) is 12.8 Å². The zero-order valence-corrected chi connectivity index (χ0v) is 12.2. The third kappa shape index (κ3) is 2.89. The molecule has 0 bridgehead atoms. The van der Waals surface area contributed by atoms with Gasteiger partial charge >= 0.3 is 0 Å². The monoisotopic (exact) mass is 283 g/mol. The van der Waals surface area contributed by atoms with E-state index in [1.54, 1.807) is 11.3 Å². The summed E-state index contributed by atoms with van der Waals surface area (Å²) in [5, 5.41) is 15.8. The van der Waals surface area contributed by atoms with Crippen molar-refractivity contribution < 1.29 is 5.11 Å². The van der Waals surface area contributed by atoms with E-state index in [0.29, 0.717) is 12.8 Å². The molecule has 1 atom stereocenters. The Morgan fingerprint density at radius 2 is 1.90 bits per heavy atom. The van der Waals surface area contributed by atoms with Crippen LogP contribution in [0.15, 0.2) is 47.8 Å². The van der Waals surface area contributed by atoms with Crippen LogP contribution in [-0.4, -0.2) is 16.2 Å². The van der Waals surface area contributed by atoms with Crippen LogP contribution in [0.4, 0.5) is 0 Å². The van der Waals surface area contributed by atoms with Crippen molar-refractivity contribution in [1.82, 2.24) is 4.98 Å². The van der Waals surface area contributed by atoms with Gasteiger partial charge in [-0.05, 0) is 29.7 Å². The third-order valence-electron chi connectivity index (χ3n) is 3.41. The molecule has 2 nitrogen and oxygen atoms in total. The molecule has 1 unspecified atom stereocenters. The lowest BCUT2D eigenvalue weighted by atomic mass is 9.99. The van der Waals surface area contributed by atoms with Crippen LogP contribution >= 0.6 is 11.3 Å². The summed E-state index contributed by atoms with van der Waals surface area (Å²) in [7, 11) is 0. The van der Waals surface area contributed by atoms with E-state index in [0.717, 1.165) is 10.7 Å². The molecule has 1 aromatic heterocycles. The van der Waals surface area contributed by atoms with Gasteiger partial charge in [-0.1, -0.05) is 42.5 Å². The van der Waals surface area contributed by atoms with E-state index in [2.05, 4.69) is 35.3 Å². The second-order valence-corrected chi connectivity index (χ2v) is 6.03. The zero-order chi connectivity index (χ0) is 13.9. The van der Waals surface area contributed by atoms with E-state index in [4.69, 9.17) is 0 Å². The Morgan fingerprint density at radius 1 is 1.10 bits per heavy atom. The predicted molar refractivity (Wildman–Crippen MR) is 84.2 cm³/mol. The zero-order valence-electron chi connectivity index (χ0n) is 11.4. The molecule has 0 aliphatic heterocycles. The molecule has 0 fully saturated rings. The molecule has 3 heteroatoms. The highest BCUT2D eigenvalue weighted by Crippen LogP contribution is 2.21. The summed E-state index contributed by atoms with van der Waals surface area (Å²) in [6.07, 6.45) is 0.910. The molecular formula is C17H17NOS.